The minimum Gasteiger partial charge on any atom is -0.396 e. The summed E-state index contributed by atoms with van der Waals surface area (Å²) in [7, 11) is 0. The van der Waals surface area contributed by atoms with Crippen LogP contribution in [0.1, 0.15) is 0 Å². The van der Waals surface area contributed by atoms with Crippen molar-refractivity contribution in [3.63, 3.8) is 0 Å². The molecule has 0 unspecified atom stereocenters. The van der Waals surface area contributed by atoms with E-state index in [0.717, 1.165) is 5.56 Å². The summed E-state index contributed by atoms with van der Waals surface area (Å²) in [6.07, 6.45) is 0. The number of halogens is 2. The Labute approximate surface area is 95.1 Å². The highest BCUT2D eigenvalue weighted by Crippen LogP contribution is 2.30. The van der Waals surface area contributed by atoms with E-state index in [1.54, 1.807) is 0 Å². The molecule has 1 heterocycles. The molecular formula is C11H8BrFN2. The molecule has 0 aliphatic rings. The summed E-state index contributed by atoms with van der Waals surface area (Å²) in [4.78, 5) is 3.78. The molecule has 0 atom stereocenters. The molecule has 0 amide bonds. The lowest BCUT2D eigenvalue weighted by atomic mass is 10.1. The number of aromatic nitrogens is 1. The summed E-state index contributed by atoms with van der Waals surface area (Å²) in [5, 5.41) is 0. The van der Waals surface area contributed by atoms with Crippen molar-refractivity contribution in [3.05, 3.63) is 46.8 Å². The topological polar surface area (TPSA) is 38.9 Å². The van der Waals surface area contributed by atoms with E-state index in [-0.39, 0.29) is 0 Å². The Morgan fingerprint density at radius 3 is 2.53 bits per heavy atom. The monoisotopic (exact) mass is 266 g/mol. The molecule has 15 heavy (non-hydrogen) atoms. The maximum absolute atomic E-state index is 13.1. The van der Waals surface area contributed by atoms with Crippen molar-refractivity contribution in [3.8, 4) is 11.3 Å². The Kier molecular flexibility index (Phi) is 2.68. The molecule has 2 rings (SSSR count). The van der Waals surface area contributed by atoms with E-state index in [4.69, 9.17) is 5.73 Å². The van der Waals surface area contributed by atoms with Gasteiger partial charge in [0.2, 0.25) is 5.95 Å². The van der Waals surface area contributed by atoms with Crippen LogP contribution in [0.3, 0.4) is 0 Å². The fourth-order valence-corrected chi connectivity index (χ4v) is 1.69. The molecule has 1 aromatic carbocycles. The van der Waals surface area contributed by atoms with E-state index in [1.165, 1.54) is 6.07 Å². The summed E-state index contributed by atoms with van der Waals surface area (Å²) >= 11 is 3.19. The van der Waals surface area contributed by atoms with Crippen LogP contribution in [0.15, 0.2) is 40.9 Å². The van der Waals surface area contributed by atoms with Crippen LogP contribution in [0, 0.1) is 5.95 Å². The van der Waals surface area contributed by atoms with Gasteiger partial charge in [-0.05, 0) is 15.9 Å². The SMILES string of the molecule is Nc1c(Br)cc(F)nc1-c1ccccc1. The summed E-state index contributed by atoms with van der Waals surface area (Å²) in [5.74, 6) is -0.546. The second-order valence-corrected chi connectivity index (χ2v) is 3.91. The van der Waals surface area contributed by atoms with Crippen LogP contribution < -0.4 is 5.73 Å². The molecule has 0 saturated heterocycles. The Balaban J connectivity index is 2.63. The molecule has 0 aliphatic carbocycles. The number of anilines is 1. The smallest absolute Gasteiger partial charge is 0.214 e. The van der Waals surface area contributed by atoms with Crippen molar-refractivity contribution in [2.24, 2.45) is 0 Å². The predicted octanol–water partition coefficient (Wildman–Crippen LogP) is 3.23. The van der Waals surface area contributed by atoms with Crippen LogP contribution in [0.4, 0.5) is 10.1 Å². The lowest BCUT2D eigenvalue weighted by molar-refractivity contribution is 0.585. The number of nitrogen functional groups attached to an aromatic ring is 1. The number of hydrogen-bond acceptors (Lipinski definition) is 2. The fourth-order valence-electron chi connectivity index (χ4n) is 1.31. The molecule has 0 fully saturated rings. The first-order chi connectivity index (χ1) is 7.18. The van der Waals surface area contributed by atoms with E-state index in [9.17, 15) is 4.39 Å². The lowest BCUT2D eigenvalue weighted by Gasteiger charge is -2.06. The maximum atomic E-state index is 13.1. The molecule has 0 spiro atoms. The average molecular weight is 267 g/mol. The predicted molar refractivity (Wildman–Crippen MR) is 61.7 cm³/mol. The van der Waals surface area contributed by atoms with Gasteiger partial charge in [-0.1, -0.05) is 30.3 Å². The molecule has 4 heteroatoms. The van der Waals surface area contributed by atoms with Gasteiger partial charge in [-0.2, -0.15) is 4.39 Å². The van der Waals surface area contributed by atoms with E-state index >= 15 is 0 Å². The zero-order chi connectivity index (χ0) is 10.8. The number of rotatable bonds is 1. The van der Waals surface area contributed by atoms with Crippen molar-refractivity contribution in [1.29, 1.82) is 0 Å². The van der Waals surface area contributed by atoms with E-state index in [2.05, 4.69) is 20.9 Å². The Hall–Kier alpha value is -1.42. The summed E-state index contributed by atoms with van der Waals surface area (Å²) < 4.78 is 13.6. The van der Waals surface area contributed by atoms with Crippen LogP contribution in [-0.4, -0.2) is 4.98 Å². The third kappa shape index (κ3) is 1.99. The van der Waals surface area contributed by atoms with Gasteiger partial charge < -0.3 is 5.73 Å². The lowest BCUT2D eigenvalue weighted by Crippen LogP contribution is -1.97. The van der Waals surface area contributed by atoms with Gasteiger partial charge in [0.05, 0.1) is 11.4 Å². The van der Waals surface area contributed by atoms with E-state index in [1.807, 2.05) is 30.3 Å². The number of nitrogens with zero attached hydrogens (tertiary/aromatic N) is 1. The number of benzene rings is 1. The molecule has 76 valence electrons. The fraction of sp³-hybridized carbons (Fsp3) is 0. The molecule has 1 aromatic heterocycles. The highest BCUT2D eigenvalue weighted by atomic mass is 79.9. The molecule has 2 aromatic rings. The maximum Gasteiger partial charge on any atom is 0.214 e. The second kappa shape index (κ2) is 3.98. The van der Waals surface area contributed by atoms with Gasteiger partial charge in [0, 0.05) is 16.1 Å². The summed E-state index contributed by atoms with van der Waals surface area (Å²) in [5.41, 5.74) is 7.52. The van der Waals surface area contributed by atoms with Gasteiger partial charge >= 0.3 is 0 Å². The van der Waals surface area contributed by atoms with Crippen molar-refractivity contribution >= 4 is 21.6 Å². The van der Waals surface area contributed by atoms with Gasteiger partial charge in [0.25, 0.3) is 0 Å². The highest BCUT2D eigenvalue weighted by molar-refractivity contribution is 9.10. The van der Waals surface area contributed by atoms with E-state index in [0.29, 0.717) is 15.9 Å². The van der Waals surface area contributed by atoms with Crippen LogP contribution in [0.5, 0.6) is 0 Å². The molecule has 2 N–H and O–H groups in total. The first-order valence-corrected chi connectivity index (χ1v) is 5.14. The Morgan fingerprint density at radius 2 is 1.87 bits per heavy atom. The Bertz CT molecular complexity index is 485. The molecular weight excluding hydrogens is 259 g/mol. The van der Waals surface area contributed by atoms with Crippen molar-refractivity contribution in [2.45, 2.75) is 0 Å². The van der Waals surface area contributed by atoms with E-state index < -0.39 is 5.95 Å². The molecule has 0 bridgehead atoms. The van der Waals surface area contributed by atoms with Crippen molar-refractivity contribution in [1.82, 2.24) is 4.98 Å². The summed E-state index contributed by atoms with van der Waals surface area (Å²) in [6.45, 7) is 0. The Morgan fingerprint density at radius 1 is 1.20 bits per heavy atom. The van der Waals surface area contributed by atoms with Crippen molar-refractivity contribution < 1.29 is 4.39 Å². The van der Waals surface area contributed by atoms with Crippen LogP contribution in [-0.2, 0) is 0 Å². The normalized spacial score (nSPS) is 10.3. The quantitative estimate of drug-likeness (QED) is 0.805. The zero-order valence-corrected chi connectivity index (χ0v) is 9.33. The van der Waals surface area contributed by atoms with Crippen LogP contribution in [0.2, 0.25) is 0 Å². The van der Waals surface area contributed by atoms with Crippen LogP contribution >= 0.6 is 15.9 Å². The van der Waals surface area contributed by atoms with Gasteiger partial charge in [-0.25, -0.2) is 4.98 Å². The third-order valence-electron chi connectivity index (χ3n) is 2.02. The van der Waals surface area contributed by atoms with Crippen molar-refractivity contribution in [2.75, 3.05) is 5.73 Å². The molecule has 0 radical (unpaired) electrons. The van der Waals surface area contributed by atoms with Gasteiger partial charge in [-0.3, -0.25) is 0 Å². The second-order valence-electron chi connectivity index (χ2n) is 3.06. The van der Waals surface area contributed by atoms with Gasteiger partial charge in [-0.15, -0.1) is 0 Å². The largest absolute Gasteiger partial charge is 0.396 e. The number of pyridine rings is 1. The average Bonchev–Trinajstić information content (AvgIpc) is 2.24. The van der Waals surface area contributed by atoms with Crippen LogP contribution in [0.25, 0.3) is 11.3 Å². The molecule has 0 saturated carbocycles. The number of nitrogens with two attached hydrogens (primary N) is 1. The van der Waals surface area contributed by atoms with Gasteiger partial charge in [0.1, 0.15) is 0 Å². The first kappa shape index (κ1) is 10.1. The minimum atomic E-state index is -0.546. The highest BCUT2D eigenvalue weighted by Gasteiger charge is 2.09. The molecule has 0 aliphatic heterocycles. The first-order valence-electron chi connectivity index (χ1n) is 4.35. The standard InChI is InChI=1S/C11H8BrFN2/c12-8-6-9(13)15-11(10(8)14)7-4-2-1-3-5-7/h1-6H,14H2. The zero-order valence-electron chi connectivity index (χ0n) is 7.74. The minimum absolute atomic E-state index is 0.447. The number of hydrogen-bond donors (Lipinski definition) is 1. The molecule has 2 nitrogen and oxygen atoms in total. The van der Waals surface area contributed by atoms with Gasteiger partial charge in [0.15, 0.2) is 0 Å². The third-order valence-corrected chi connectivity index (χ3v) is 2.68. The summed E-state index contributed by atoms with van der Waals surface area (Å²) in [6, 6.07) is 10.5.